The predicted molar refractivity (Wildman–Crippen MR) is 89.9 cm³/mol. The standard InChI is InChI=1S/C21H24O/c1-4-15-6-10-20-19-8-5-14-13-16(22-3)7-9-17(14)18(19)11-12-21(15,20)2/h1,6-7,9,13,18-20H,5,8,10-12H2,2-3H3/t18-,19-,20+,21-/m1/s1. The molecule has 3 aliphatic carbocycles. The highest BCUT2D eigenvalue weighted by molar-refractivity contribution is 5.43. The van der Waals surface area contributed by atoms with Gasteiger partial charge >= 0.3 is 0 Å². The van der Waals surface area contributed by atoms with Gasteiger partial charge in [-0.25, -0.2) is 0 Å². The molecule has 1 heteroatoms. The number of rotatable bonds is 1. The summed E-state index contributed by atoms with van der Waals surface area (Å²) < 4.78 is 5.40. The first-order valence-corrected chi connectivity index (χ1v) is 8.51. The number of methoxy groups -OCH3 is 1. The normalized spacial score (nSPS) is 35.7. The first-order valence-electron chi connectivity index (χ1n) is 8.51. The van der Waals surface area contributed by atoms with Gasteiger partial charge in [0.25, 0.3) is 0 Å². The summed E-state index contributed by atoms with van der Waals surface area (Å²) in [5.74, 6) is 6.23. The summed E-state index contributed by atoms with van der Waals surface area (Å²) in [7, 11) is 1.75. The molecule has 1 aromatic rings. The number of fused-ring (bicyclic) bond motifs is 5. The molecular formula is C21H24O. The minimum atomic E-state index is 0.264. The van der Waals surface area contributed by atoms with Gasteiger partial charge in [0.15, 0.2) is 0 Å². The lowest BCUT2D eigenvalue weighted by Crippen LogP contribution is -2.41. The number of hydrogen-bond donors (Lipinski definition) is 0. The lowest BCUT2D eigenvalue weighted by Gasteiger charge is -2.49. The summed E-state index contributed by atoms with van der Waals surface area (Å²) in [6.45, 7) is 2.41. The van der Waals surface area contributed by atoms with Crippen LogP contribution in [0.1, 0.15) is 49.7 Å². The minimum Gasteiger partial charge on any atom is -0.497 e. The van der Waals surface area contributed by atoms with Crippen molar-refractivity contribution < 1.29 is 4.74 Å². The second-order valence-electron chi connectivity index (χ2n) is 7.43. The van der Waals surface area contributed by atoms with Gasteiger partial charge in [0.05, 0.1) is 7.11 Å². The molecule has 0 saturated heterocycles. The molecule has 4 atom stereocenters. The minimum absolute atomic E-state index is 0.264. The van der Waals surface area contributed by atoms with Crippen molar-refractivity contribution in [2.75, 3.05) is 7.11 Å². The summed E-state index contributed by atoms with van der Waals surface area (Å²) in [6.07, 6.45) is 14.3. The Morgan fingerprint density at radius 1 is 1.32 bits per heavy atom. The molecular weight excluding hydrogens is 268 g/mol. The smallest absolute Gasteiger partial charge is 0.119 e. The Labute approximate surface area is 133 Å². The molecule has 1 nitrogen and oxygen atoms in total. The molecule has 0 unspecified atom stereocenters. The van der Waals surface area contributed by atoms with E-state index in [1.807, 2.05) is 0 Å². The SMILES string of the molecule is C#CC1=CC[C@H]2[C@@H]3CCc4cc(OC)ccc4[C@H]3CC[C@]12C. The topological polar surface area (TPSA) is 9.23 Å². The van der Waals surface area contributed by atoms with Crippen molar-refractivity contribution in [3.05, 3.63) is 41.0 Å². The van der Waals surface area contributed by atoms with Crippen molar-refractivity contribution in [3.8, 4) is 18.1 Å². The fourth-order valence-electron chi connectivity index (χ4n) is 5.48. The van der Waals surface area contributed by atoms with Crippen LogP contribution in [0.25, 0.3) is 0 Å². The Hall–Kier alpha value is -1.68. The van der Waals surface area contributed by atoms with Crippen molar-refractivity contribution in [1.29, 1.82) is 0 Å². The average Bonchev–Trinajstić information content (AvgIpc) is 2.90. The van der Waals surface area contributed by atoms with E-state index in [0.717, 1.165) is 23.5 Å². The number of terminal acetylenes is 1. The predicted octanol–water partition coefficient (Wildman–Crippen LogP) is 4.72. The number of ether oxygens (including phenoxy) is 1. The van der Waals surface area contributed by atoms with E-state index in [-0.39, 0.29) is 5.41 Å². The number of benzene rings is 1. The van der Waals surface area contributed by atoms with Crippen LogP contribution in [0.3, 0.4) is 0 Å². The quantitative estimate of drug-likeness (QED) is 0.680. The third kappa shape index (κ3) is 1.80. The van der Waals surface area contributed by atoms with Crippen LogP contribution < -0.4 is 4.74 Å². The van der Waals surface area contributed by atoms with Crippen LogP contribution in [0.15, 0.2) is 29.8 Å². The van der Waals surface area contributed by atoms with Gasteiger partial charge in [0.2, 0.25) is 0 Å². The van der Waals surface area contributed by atoms with Crippen LogP contribution in [-0.4, -0.2) is 7.11 Å². The van der Waals surface area contributed by atoms with E-state index in [2.05, 4.69) is 37.1 Å². The lowest BCUT2D eigenvalue weighted by atomic mass is 9.54. The largest absolute Gasteiger partial charge is 0.497 e. The van der Waals surface area contributed by atoms with Crippen LogP contribution in [-0.2, 0) is 6.42 Å². The fraction of sp³-hybridized carbons (Fsp3) is 0.524. The van der Waals surface area contributed by atoms with E-state index in [1.54, 1.807) is 12.7 Å². The van der Waals surface area contributed by atoms with E-state index in [1.165, 1.54) is 43.2 Å². The van der Waals surface area contributed by atoms with Crippen molar-refractivity contribution in [2.45, 2.75) is 44.9 Å². The zero-order chi connectivity index (χ0) is 15.3. The summed E-state index contributed by atoms with van der Waals surface area (Å²) >= 11 is 0. The maximum absolute atomic E-state index is 5.77. The van der Waals surface area contributed by atoms with Crippen LogP contribution in [0.4, 0.5) is 0 Å². The van der Waals surface area contributed by atoms with E-state index >= 15 is 0 Å². The van der Waals surface area contributed by atoms with Gasteiger partial charge in [-0.1, -0.05) is 25.0 Å². The molecule has 22 heavy (non-hydrogen) atoms. The van der Waals surface area contributed by atoms with Gasteiger partial charge in [-0.05, 0) is 73.1 Å². The second-order valence-corrected chi connectivity index (χ2v) is 7.43. The third-order valence-corrected chi connectivity index (χ3v) is 6.67. The van der Waals surface area contributed by atoms with Crippen molar-refractivity contribution >= 4 is 0 Å². The zero-order valence-corrected chi connectivity index (χ0v) is 13.6. The Morgan fingerprint density at radius 2 is 2.18 bits per heavy atom. The number of allylic oxidation sites excluding steroid dienone is 2. The van der Waals surface area contributed by atoms with E-state index in [9.17, 15) is 0 Å². The van der Waals surface area contributed by atoms with Gasteiger partial charge in [-0.3, -0.25) is 0 Å². The maximum atomic E-state index is 5.77. The maximum Gasteiger partial charge on any atom is 0.119 e. The van der Waals surface area contributed by atoms with Gasteiger partial charge in [-0.2, -0.15) is 0 Å². The molecule has 1 saturated carbocycles. The molecule has 3 aliphatic rings. The summed E-state index contributed by atoms with van der Waals surface area (Å²) in [6, 6.07) is 6.70. The van der Waals surface area contributed by atoms with Gasteiger partial charge in [0, 0.05) is 11.0 Å². The lowest BCUT2D eigenvalue weighted by molar-refractivity contribution is 0.0781. The molecule has 1 aromatic carbocycles. The van der Waals surface area contributed by atoms with Gasteiger partial charge < -0.3 is 4.74 Å². The summed E-state index contributed by atoms with van der Waals surface area (Å²) in [5.41, 5.74) is 4.62. The number of aryl methyl sites for hydroxylation is 1. The van der Waals surface area contributed by atoms with Crippen LogP contribution in [0.5, 0.6) is 5.75 Å². The van der Waals surface area contributed by atoms with Crippen molar-refractivity contribution in [1.82, 2.24) is 0 Å². The molecule has 114 valence electrons. The third-order valence-electron chi connectivity index (χ3n) is 6.67. The fourth-order valence-corrected chi connectivity index (χ4v) is 5.48. The molecule has 0 N–H and O–H groups in total. The zero-order valence-electron chi connectivity index (χ0n) is 13.6. The van der Waals surface area contributed by atoms with E-state index in [0.29, 0.717) is 0 Å². The molecule has 0 spiro atoms. The number of hydrogen-bond acceptors (Lipinski definition) is 1. The molecule has 0 heterocycles. The van der Waals surface area contributed by atoms with Crippen LogP contribution >= 0.6 is 0 Å². The van der Waals surface area contributed by atoms with Crippen LogP contribution in [0.2, 0.25) is 0 Å². The highest BCUT2D eigenvalue weighted by Gasteiger charge is 2.51. The highest BCUT2D eigenvalue weighted by Crippen LogP contribution is 2.60. The van der Waals surface area contributed by atoms with Gasteiger partial charge in [0.1, 0.15) is 5.75 Å². The molecule has 1 fully saturated rings. The highest BCUT2D eigenvalue weighted by atomic mass is 16.5. The summed E-state index contributed by atoms with van der Waals surface area (Å²) in [5, 5.41) is 0. The van der Waals surface area contributed by atoms with E-state index in [4.69, 9.17) is 11.2 Å². The summed E-state index contributed by atoms with van der Waals surface area (Å²) in [4.78, 5) is 0. The first kappa shape index (κ1) is 13.9. The van der Waals surface area contributed by atoms with Crippen LogP contribution in [0, 0.1) is 29.6 Å². The molecule has 0 aromatic heterocycles. The Balaban J connectivity index is 1.69. The van der Waals surface area contributed by atoms with Crippen molar-refractivity contribution in [3.63, 3.8) is 0 Å². The Kier molecular flexibility index (Phi) is 3.12. The first-order chi connectivity index (χ1) is 10.7. The molecule has 0 amide bonds. The second kappa shape index (κ2) is 4.92. The molecule has 4 rings (SSSR count). The monoisotopic (exact) mass is 292 g/mol. The Morgan fingerprint density at radius 3 is 2.95 bits per heavy atom. The average molecular weight is 292 g/mol. The van der Waals surface area contributed by atoms with Gasteiger partial charge in [-0.15, -0.1) is 6.42 Å². The molecule has 0 aliphatic heterocycles. The molecule has 0 bridgehead atoms. The Bertz CT molecular complexity index is 678. The van der Waals surface area contributed by atoms with Crippen molar-refractivity contribution in [2.24, 2.45) is 17.3 Å². The molecule has 0 radical (unpaired) electrons. The van der Waals surface area contributed by atoms with E-state index < -0.39 is 0 Å².